The van der Waals surface area contributed by atoms with Crippen molar-refractivity contribution in [3.8, 4) is 11.4 Å². The van der Waals surface area contributed by atoms with Crippen LogP contribution in [0.1, 0.15) is 0 Å². The van der Waals surface area contributed by atoms with Crippen molar-refractivity contribution in [2.75, 3.05) is 9.80 Å². The van der Waals surface area contributed by atoms with Gasteiger partial charge in [-0.3, -0.25) is 0 Å². The zero-order valence-corrected chi connectivity index (χ0v) is 45.3. The fourth-order valence-electron chi connectivity index (χ4n) is 12.3. The summed E-state index contributed by atoms with van der Waals surface area (Å²) in [5.41, 5.74) is 2.94. The second-order valence-corrected chi connectivity index (χ2v) is 25.3. The molecule has 0 aliphatic heterocycles. The van der Waals surface area contributed by atoms with Crippen LogP contribution in [0.5, 0.6) is 0 Å². The molecule has 2 heterocycles. The first-order valence-corrected chi connectivity index (χ1v) is 29.8. The van der Waals surface area contributed by atoms with Gasteiger partial charge in [0.15, 0.2) is 46.5 Å². The summed E-state index contributed by atoms with van der Waals surface area (Å²) in [6.45, 7) is 1.98. The van der Waals surface area contributed by atoms with E-state index in [2.05, 4.69) is 0 Å². The second-order valence-electron chi connectivity index (χ2n) is 21.0. The second kappa shape index (κ2) is 19.6. The van der Waals surface area contributed by atoms with Crippen LogP contribution >= 0.6 is 0 Å². The lowest BCUT2D eigenvalue weighted by Crippen LogP contribution is -2.59. The minimum Gasteiger partial charge on any atom is -0.309 e. The number of nitrogens with zero attached hydrogens (tertiary/aromatic N) is 4. The molecule has 0 unspecified atom stereocenters. The Morgan fingerprint density at radius 1 is 0.289 bits per heavy atom. The van der Waals surface area contributed by atoms with Crippen molar-refractivity contribution < 1.29 is 35.1 Å². The molecule has 0 saturated heterocycles. The molecule has 13 heteroatoms. The lowest BCUT2D eigenvalue weighted by molar-refractivity contribution is 0.462. The third-order valence-electron chi connectivity index (χ3n) is 16.1. The molecule has 0 spiro atoms. The van der Waals surface area contributed by atoms with Crippen LogP contribution in [0.15, 0.2) is 231 Å². The number of hydrogen-bond acceptors (Lipinski definition) is 2. The minimum absolute atomic E-state index is 0.111. The van der Waals surface area contributed by atoms with Crippen LogP contribution in [0.25, 0.3) is 76.5 Å². The summed E-state index contributed by atoms with van der Waals surface area (Å²) >= 11 is 0. The third-order valence-corrected chi connectivity index (χ3v) is 19.4. The predicted octanol–water partition coefficient (Wildman–Crippen LogP) is 19.1. The summed E-state index contributed by atoms with van der Waals surface area (Å²) in [7, 11) is -4.97. The number of benzene rings is 12. The van der Waals surface area contributed by atoms with E-state index in [1.165, 1.54) is 0 Å². The van der Waals surface area contributed by atoms with Crippen molar-refractivity contribution >= 4 is 118 Å². The Morgan fingerprint density at radius 2 is 0.602 bits per heavy atom. The summed E-state index contributed by atoms with van der Waals surface area (Å²) in [4.78, 5) is 2.17. The van der Waals surface area contributed by atoms with Gasteiger partial charge in [-0.1, -0.05) is 159 Å². The van der Waals surface area contributed by atoms with E-state index in [1.807, 2.05) is 118 Å². The van der Waals surface area contributed by atoms with Crippen LogP contribution in [0.4, 0.5) is 69.2 Å². The Kier molecular flexibility index (Phi) is 12.1. The molecule has 0 amide bonds. The van der Waals surface area contributed by atoms with E-state index in [0.717, 1.165) is 67.1 Å². The summed E-state index contributed by atoms with van der Waals surface area (Å²) in [5, 5.41) is 2.30. The average molecular weight is 1120 g/mol. The largest absolute Gasteiger partial charge is 0.309 e. The van der Waals surface area contributed by atoms with E-state index in [-0.39, 0.29) is 22.7 Å². The standard InChI is InChI=1S/C70H44F8N4Si/c1-83(2,69-63(75)59(71)67(60(72)64(69)76)81(53-33-17-21-41-19-9-11-27-47(41)53)45-35-37-57-51(39-45)49-29-13-15-31-55(49)79(57)43-23-5-3-6-24-43)70-65(77)61(73)68(62(74)66(70)78)82(54-34-18-22-42-20-10-12-28-48(42)54)46-36-38-58-52(40-46)50-30-14-16-32-56(50)80(58)44-25-7-4-8-26-44/h3-40H,1-2H3. The van der Waals surface area contributed by atoms with Crippen LogP contribution in [0.3, 0.4) is 0 Å². The molecular formula is C70H44F8N4Si. The number of para-hydroxylation sites is 4. The average Bonchev–Trinajstić information content (AvgIpc) is 2.79. The van der Waals surface area contributed by atoms with Gasteiger partial charge in [0.2, 0.25) is 0 Å². The highest BCUT2D eigenvalue weighted by molar-refractivity contribution is 7.00. The highest BCUT2D eigenvalue weighted by Gasteiger charge is 2.45. The van der Waals surface area contributed by atoms with E-state index < -0.39 is 76.4 Å². The first kappa shape index (κ1) is 51.2. The number of rotatable bonds is 10. The molecule has 0 aliphatic rings. The molecule has 0 aliphatic carbocycles. The van der Waals surface area contributed by atoms with Crippen molar-refractivity contribution in [1.82, 2.24) is 9.13 Å². The lowest BCUT2D eigenvalue weighted by Gasteiger charge is -2.32. The molecule has 0 radical (unpaired) electrons. The third kappa shape index (κ3) is 7.85. The Bertz CT molecular complexity index is 4580. The maximum Gasteiger partial charge on any atom is 0.185 e. The first-order valence-electron chi connectivity index (χ1n) is 26.8. The molecule has 0 bridgehead atoms. The summed E-state index contributed by atoms with van der Waals surface area (Å²) in [6, 6.07) is 68.2. The van der Waals surface area contributed by atoms with Gasteiger partial charge in [-0.15, -0.1) is 0 Å². The van der Waals surface area contributed by atoms with Gasteiger partial charge < -0.3 is 18.9 Å². The Hall–Kier alpha value is -9.98. The minimum atomic E-state index is -4.97. The first-order chi connectivity index (χ1) is 40.3. The van der Waals surface area contributed by atoms with Gasteiger partial charge >= 0.3 is 0 Å². The summed E-state index contributed by atoms with van der Waals surface area (Å²) < 4.78 is 146. The van der Waals surface area contributed by atoms with Gasteiger partial charge in [0.25, 0.3) is 0 Å². The molecule has 12 aromatic carbocycles. The van der Waals surface area contributed by atoms with Gasteiger partial charge in [-0.2, -0.15) is 0 Å². The number of fused-ring (bicyclic) bond motifs is 8. The van der Waals surface area contributed by atoms with Gasteiger partial charge in [0.1, 0.15) is 19.4 Å². The van der Waals surface area contributed by atoms with E-state index in [0.29, 0.717) is 32.3 Å². The maximum absolute atomic E-state index is 17.8. The Morgan fingerprint density at radius 3 is 0.988 bits per heavy atom. The topological polar surface area (TPSA) is 16.3 Å². The summed E-state index contributed by atoms with van der Waals surface area (Å²) in [5.74, 6) is -15.5. The maximum atomic E-state index is 17.8. The molecule has 4 nitrogen and oxygen atoms in total. The van der Waals surface area contributed by atoms with Crippen molar-refractivity contribution in [3.05, 3.63) is 277 Å². The molecule has 0 saturated carbocycles. The highest BCUT2D eigenvalue weighted by Crippen LogP contribution is 2.47. The van der Waals surface area contributed by atoms with Crippen molar-refractivity contribution in [3.63, 3.8) is 0 Å². The molecule has 14 rings (SSSR count). The van der Waals surface area contributed by atoms with Crippen LogP contribution in [-0.4, -0.2) is 17.2 Å². The lowest BCUT2D eigenvalue weighted by atomic mass is 10.0. The summed E-state index contributed by atoms with van der Waals surface area (Å²) in [6.07, 6.45) is 0. The quantitative estimate of drug-likeness (QED) is 0.0771. The van der Waals surface area contributed by atoms with Crippen molar-refractivity contribution in [2.24, 2.45) is 0 Å². The molecule has 404 valence electrons. The monoisotopic (exact) mass is 1120 g/mol. The van der Waals surface area contributed by atoms with E-state index >= 15 is 35.1 Å². The molecule has 0 fully saturated rings. The van der Waals surface area contributed by atoms with E-state index in [1.54, 1.807) is 121 Å². The van der Waals surface area contributed by atoms with Crippen molar-refractivity contribution in [2.45, 2.75) is 13.1 Å². The zero-order chi connectivity index (χ0) is 57.0. The zero-order valence-electron chi connectivity index (χ0n) is 44.3. The molecule has 83 heavy (non-hydrogen) atoms. The fraction of sp³-hybridized carbons (Fsp3) is 0.0286. The smallest absolute Gasteiger partial charge is 0.185 e. The molecule has 2 aromatic heterocycles. The number of hydrogen-bond donors (Lipinski definition) is 0. The Balaban J connectivity index is 0.951. The van der Waals surface area contributed by atoms with E-state index in [4.69, 9.17) is 0 Å². The molecule has 14 aromatic rings. The Labute approximate surface area is 471 Å². The molecular weight excluding hydrogens is 1080 g/mol. The molecule has 0 atom stereocenters. The van der Waals surface area contributed by atoms with Gasteiger partial charge in [-0.25, -0.2) is 35.1 Å². The fourth-order valence-corrected chi connectivity index (χ4v) is 15.2. The van der Waals surface area contributed by atoms with Crippen molar-refractivity contribution in [1.29, 1.82) is 0 Å². The number of aromatic nitrogens is 2. The number of halogens is 8. The van der Waals surface area contributed by atoms with Crippen LogP contribution in [0, 0.1) is 46.5 Å². The predicted molar refractivity (Wildman–Crippen MR) is 322 cm³/mol. The van der Waals surface area contributed by atoms with E-state index in [9.17, 15) is 0 Å². The number of anilines is 6. The van der Waals surface area contributed by atoms with Gasteiger partial charge in [-0.05, 0) is 95.7 Å². The van der Waals surface area contributed by atoms with Crippen LogP contribution in [-0.2, 0) is 0 Å². The van der Waals surface area contributed by atoms with Gasteiger partial charge in [0, 0.05) is 65.4 Å². The molecule has 0 N–H and O–H groups in total. The van der Waals surface area contributed by atoms with Crippen LogP contribution in [0.2, 0.25) is 13.1 Å². The SMILES string of the molecule is C[Si](C)(c1c(F)c(F)c(N(c2ccc3c(c2)c2ccccc2n3-c2ccccc2)c2cccc3ccccc23)c(F)c1F)c1c(F)c(F)c(N(c2ccc3c(c2)c2ccccc2n3-c2ccccc2)c2cccc3ccccc23)c(F)c1F. The normalized spacial score (nSPS) is 12.0. The van der Waals surface area contributed by atoms with Gasteiger partial charge in [0.05, 0.1) is 33.4 Å². The van der Waals surface area contributed by atoms with Crippen LogP contribution < -0.4 is 20.2 Å². The highest BCUT2D eigenvalue weighted by atomic mass is 28.3.